The van der Waals surface area contributed by atoms with Crippen molar-refractivity contribution in [3.8, 4) is 0 Å². The van der Waals surface area contributed by atoms with E-state index in [0.29, 0.717) is 13.0 Å². The lowest BCUT2D eigenvalue weighted by Crippen LogP contribution is -2.36. The number of halogens is 1. The molecule has 0 aliphatic carbocycles. The van der Waals surface area contributed by atoms with Crippen LogP contribution in [0.2, 0.25) is 0 Å². The highest BCUT2D eigenvalue weighted by Gasteiger charge is 2.24. The topological polar surface area (TPSA) is 46.3 Å². The Bertz CT molecular complexity index is 411. The largest absolute Gasteiger partial charge is 0.330 e. The molecule has 1 aromatic rings. The minimum Gasteiger partial charge on any atom is -0.330 e. The third-order valence-corrected chi connectivity index (χ3v) is 4.12. The van der Waals surface area contributed by atoms with Crippen LogP contribution < -0.4 is 10.6 Å². The van der Waals surface area contributed by atoms with Crippen molar-refractivity contribution in [1.82, 2.24) is 0 Å². The molecular weight excluding hydrogens is 288 g/mol. The molecule has 1 aromatic carbocycles. The molecule has 0 spiro atoms. The van der Waals surface area contributed by atoms with Crippen LogP contribution in [-0.2, 0) is 4.79 Å². The molecule has 0 bridgehead atoms. The molecule has 1 aliphatic heterocycles. The Labute approximate surface area is 108 Å². The third-order valence-electron chi connectivity index (χ3n) is 2.45. The predicted octanol–water partition coefficient (Wildman–Crippen LogP) is 2.24. The van der Waals surface area contributed by atoms with Gasteiger partial charge in [-0.15, -0.1) is 11.8 Å². The van der Waals surface area contributed by atoms with Crippen LogP contribution in [0.1, 0.15) is 6.42 Å². The number of fused-ring (bicyclic) bond motifs is 1. The van der Waals surface area contributed by atoms with E-state index in [1.54, 1.807) is 11.8 Å². The first-order valence-electron chi connectivity index (χ1n) is 5.16. The summed E-state index contributed by atoms with van der Waals surface area (Å²) < 4.78 is 0.975. The number of para-hydroxylation sites is 1. The average molecular weight is 301 g/mol. The first-order valence-corrected chi connectivity index (χ1v) is 6.93. The van der Waals surface area contributed by atoms with Gasteiger partial charge in [0.2, 0.25) is 5.91 Å². The molecule has 86 valence electrons. The first-order chi connectivity index (χ1) is 7.74. The van der Waals surface area contributed by atoms with Crippen LogP contribution in [0.15, 0.2) is 27.6 Å². The highest BCUT2D eigenvalue weighted by Crippen LogP contribution is 2.40. The monoisotopic (exact) mass is 300 g/mol. The zero-order valence-electron chi connectivity index (χ0n) is 8.78. The van der Waals surface area contributed by atoms with E-state index in [1.807, 2.05) is 23.1 Å². The van der Waals surface area contributed by atoms with Crippen LogP contribution in [0, 0.1) is 0 Å². The number of thioether (sulfide) groups is 1. The highest BCUT2D eigenvalue weighted by molar-refractivity contribution is 9.10. The fourth-order valence-corrected chi connectivity index (χ4v) is 3.48. The number of benzene rings is 1. The van der Waals surface area contributed by atoms with E-state index in [1.165, 1.54) is 0 Å². The summed E-state index contributed by atoms with van der Waals surface area (Å²) in [5.41, 5.74) is 6.43. The Morgan fingerprint density at radius 3 is 3.12 bits per heavy atom. The summed E-state index contributed by atoms with van der Waals surface area (Å²) in [5, 5.41) is 0. The van der Waals surface area contributed by atoms with Gasteiger partial charge in [0.05, 0.1) is 5.69 Å². The third kappa shape index (κ3) is 2.26. The van der Waals surface area contributed by atoms with Crippen molar-refractivity contribution in [1.29, 1.82) is 0 Å². The van der Waals surface area contributed by atoms with Crippen LogP contribution in [0.3, 0.4) is 0 Å². The molecule has 0 atom stereocenters. The molecule has 1 heterocycles. The number of amides is 1. The maximum atomic E-state index is 11.9. The summed E-state index contributed by atoms with van der Waals surface area (Å²) in [6.45, 7) is 1.17. The fraction of sp³-hybridized carbons (Fsp3) is 0.364. The van der Waals surface area contributed by atoms with E-state index >= 15 is 0 Å². The number of anilines is 1. The molecule has 0 unspecified atom stereocenters. The molecule has 0 radical (unpaired) electrons. The molecule has 0 fully saturated rings. The molecule has 2 rings (SSSR count). The summed E-state index contributed by atoms with van der Waals surface area (Å²) in [6, 6.07) is 6.01. The Morgan fingerprint density at radius 1 is 1.56 bits per heavy atom. The van der Waals surface area contributed by atoms with Crippen LogP contribution >= 0.6 is 27.7 Å². The number of nitrogens with two attached hydrogens (primary N) is 1. The van der Waals surface area contributed by atoms with E-state index in [2.05, 4.69) is 15.9 Å². The van der Waals surface area contributed by atoms with Gasteiger partial charge in [-0.25, -0.2) is 0 Å². The summed E-state index contributed by atoms with van der Waals surface area (Å²) in [4.78, 5) is 14.9. The van der Waals surface area contributed by atoms with Gasteiger partial charge in [-0.1, -0.05) is 6.07 Å². The molecule has 0 saturated carbocycles. The second-order valence-electron chi connectivity index (χ2n) is 3.52. The smallest absolute Gasteiger partial charge is 0.228 e. The fourth-order valence-electron chi connectivity index (χ4n) is 1.74. The van der Waals surface area contributed by atoms with Gasteiger partial charge in [0.25, 0.3) is 0 Å². The molecule has 16 heavy (non-hydrogen) atoms. The lowest BCUT2D eigenvalue weighted by molar-refractivity contribution is -0.118. The molecular formula is C11H13BrN2OS. The Hall–Kier alpha value is -0.520. The van der Waals surface area contributed by atoms with Crippen molar-refractivity contribution in [2.24, 2.45) is 5.73 Å². The Kier molecular flexibility index (Phi) is 3.89. The minimum atomic E-state index is 0.107. The van der Waals surface area contributed by atoms with E-state index in [-0.39, 0.29) is 5.91 Å². The van der Waals surface area contributed by atoms with Crippen molar-refractivity contribution in [2.75, 3.05) is 23.7 Å². The first kappa shape index (κ1) is 12.0. The second kappa shape index (κ2) is 5.21. The quantitative estimate of drug-likeness (QED) is 0.911. The average Bonchev–Trinajstić information content (AvgIpc) is 2.29. The molecule has 1 aliphatic rings. The summed E-state index contributed by atoms with van der Waals surface area (Å²) in [7, 11) is 0. The molecule has 0 saturated heterocycles. The number of hydrogen-bond acceptors (Lipinski definition) is 3. The lowest BCUT2D eigenvalue weighted by Gasteiger charge is -2.30. The molecule has 3 nitrogen and oxygen atoms in total. The van der Waals surface area contributed by atoms with E-state index in [0.717, 1.165) is 27.4 Å². The number of hydrogen-bond donors (Lipinski definition) is 1. The van der Waals surface area contributed by atoms with Gasteiger partial charge in [0.1, 0.15) is 0 Å². The van der Waals surface area contributed by atoms with E-state index in [4.69, 9.17) is 5.73 Å². The maximum Gasteiger partial charge on any atom is 0.228 e. The van der Waals surface area contributed by atoms with Crippen molar-refractivity contribution < 1.29 is 4.79 Å². The summed E-state index contributed by atoms with van der Waals surface area (Å²) >= 11 is 5.29. The van der Waals surface area contributed by atoms with Crippen LogP contribution in [0.5, 0.6) is 0 Å². The predicted molar refractivity (Wildman–Crippen MR) is 70.9 cm³/mol. The number of carbonyl (C=O) groups is 1. The number of carbonyl (C=O) groups excluding carboxylic acids is 1. The Balaban J connectivity index is 2.35. The maximum absolute atomic E-state index is 11.9. The number of nitrogens with zero attached hydrogens (tertiary/aromatic N) is 1. The van der Waals surface area contributed by atoms with Gasteiger partial charge < -0.3 is 10.6 Å². The Morgan fingerprint density at radius 2 is 2.38 bits per heavy atom. The van der Waals surface area contributed by atoms with Gasteiger partial charge in [-0.3, -0.25) is 4.79 Å². The van der Waals surface area contributed by atoms with Crippen LogP contribution in [-0.4, -0.2) is 24.7 Å². The zero-order chi connectivity index (χ0) is 11.5. The highest BCUT2D eigenvalue weighted by atomic mass is 79.9. The zero-order valence-corrected chi connectivity index (χ0v) is 11.2. The standard InChI is InChI=1S/C11H13BrN2OS/c12-8-2-1-3-9-11(8)14(6-7-16-9)10(15)4-5-13/h1-3H,4-7,13H2. The van der Waals surface area contributed by atoms with E-state index < -0.39 is 0 Å². The molecule has 0 aromatic heterocycles. The van der Waals surface area contributed by atoms with Crippen LogP contribution in [0.25, 0.3) is 0 Å². The van der Waals surface area contributed by atoms with E-state index in [9.17, 15) is 4.79 Å². The summed E-state index contributed by atoms with van der Waals surface area (Å²) in [6.07, 6.45) is 0.408. The lowest BCUT2D eigenvalue weighted by atomic mass is 10.2. The van der Waals surface area contributed by atoms with Crippen LogP contribution in [0.4, 0.5) is 5.69 Å². The normalized spacial score (nSPS) is 14.8. The molecule has 5 heteroatoms. The number of rotatable bonds is 2. The van der Waals surface area contributed by atoms with Crippen molar-refractivity contribution in [3.05, 3.63) is 22.7 Å². The van der Waals surface area contributed by atoms with Gasteiger partial charge in [-0.2, -0.15) is 0 Å². The summed E-state index contributed by atoms with van der Waals surface area (Å²) in [5.74, 6) is 1.05. The molecule has 1 amide bonds. The van der Waals surface area contributed by atoms with Gasteiger partial charge >= 0.3 is 0 Å². The van der Waals surface area contributed by atoms with Crippen molar-refractivity contribution in [3.63, 3.8) is 0 Å². The minimum absolute atomic E-state index is 0.107. The SMILES string of the molecule is NCCC(=O)N1CCSc2cccc(Br)c21. The molecule has 2 N–H and O–H groups in total. The second-order valence-corrected chi connectivity index (χ2v) is 5.51. The van der Waals surface area contributed by atoms with Gasteiger partial charge in [-0.05, 0) is 28.1 Å². The van der Waals surface area contributed by atoms with Gasteiger partial charge in [0, 0.05) is 34.6 Å². The van der Waals surface area contributed by atoms with Crippen molar-refractivity contribution in [2.45, 2.75) is 11.3 Å². The van der Waals surface area contributed by atoms with Crippen molar-refractivity contribution >= 4 is 39.3 Å². The van der Waals surface area contributed by atoms with Gasteiger partial charge in [0.15, 0.2) is 0 Å².